The molecule has 2 N–H and O–H groups in total. The summed E-state index contributed by atoms with van der Waals surface area (Å²) in [5, 5.41) is 6.87. The van der Waals surface area contributed by atoms with Crippen LogP contribution in [-0.2, 0) is 6.54 Å². The third-order valence-electron chi connectivity index (χ3n) is 4.16. The monoisotopic (exact) mass is 305 g/mol. The molecule has 1 aliphatic heterocycles. The van der Waals surface area contributed by atoms with Gasteiger partial charge < -0.3 is 15.2 Å². The second kappa shape index (κ2) is 8.83. The fourth-order valence-corrected chi connectivity index (χ4v) is 3.09. The Balaban J connectivity index is 1.69. The zero-order valence-corrected chi connectivity index (χ0v) is 14.3. The summed E-state index contributed by atoms with van der Waals surface area (Å²) in [5.41, 5.74) is 0. The van der Waals surface area contributed by atoms with Gasteiger partial charge in [-0.2, -0.15) is 0 Å². The van der Waals surface area contributed by atoms with E-state index in [0.717, 1.165) is 31.5 Å². The van der Waals surface area contributed by atoms with Crippen LogP contribution in [0.3, 0.4) is 0 Å². The Bertz CT molecular complexity index is 438. The molecule has 2 rings (SSSR count). The minimum atomic E-state index is 0.644. The van der Waals surface area contributed by atoms with E-state index in [2.05, 4.69) is 63.5 Å². The van der Waals surface area contributed by atoms with Gasteiger partial charge in [0.25, 0.3) is 0 Å². The maximum atomic E-state index is 4.32. The number of likely N-dealkylation sites (tertiary alicyclic amines) is 1. The van der Waals surface area contributed by atoms with Gasteiger partial charge in [0.2, 0.25) is 0 Å². The Hall–Kier alpha value is -1.49. The van der Waals surface area contributed by atoms with Gasteiger partial charge in [-0.15, -0.1) is 0 Å². The summed E-state index contributed by atoms with van der Waals surface area (Å²) in [4.78, 5) is 6.94. The van der Waals surface area contributed by atoms with Crippen molar-refractivity contribution in [2.45, 2.75) is 39.3 Å². The van der Waals surface area contributed by atoms with Gasteiger partial charge in [-0.25, -0.2) is 0 Å². The van der Waals surface area contributed by atoms with E-state index < -0.39 is 0 Å². The quantitative estimate of drug-likeness (QED) is 0.596. The average Bonchev–Trinajstić information content (AvgIpc) is 3.14. The fourth-order valence-electron chi connectivity index (χ4n) is 3.09. The van der Waals surface area contributed by atoms with Crippen LogP contribution >= 0.6 is 0 Å². The zero-order chi connectivity index (χ0) is 15.8. The molecule has 0 aliphatic carbocycles. The number of nitrogens with zero attached hydrogens (tertiary/aromatic N) is 3. The molecule has 2 heterocycles. The highest BCUT2D eigenvalue weighted by Gasteiger charge is 2.24. The summed E-state index contributed by atoms with van der Waals surface area (Å²) >= 11 is 0. The predicted molar refractivity (Wildman–Crippen MR) is 93.2 cm³/mol. The van der Waals surface area contributed by atoms with Gasteiger partial charge in [-0.05, 0) is 37.4 Å². The van der Waals surface area contributed by atoms with Crippen LogP contribution in [-0.4, -0.2) is 54.7 Å². The lowest BCUT2D eigenvalue weighted by molar-refractivity contribution is 0.226. The highest BCUT2D eigenvalue weighted by Crippen LogP contribution is 2.17. The second-order valence-corrected chi connectivity index (χ2v) is 6.49. The fraction of sp³-hybridized carbons (Fsp3) is 0.706. The van der Waals surface area contributed by atoms with Crippen molar-refractivity contribution in [3.05, 3.63) is 24.5 Å². The zero-order valence-electron chi connectivity index (χ0n) is 14.3. The smallest absolute Gasteiger partial charge is 0.191 e. The van der Waals surface area contributed by atoms with E-state index in [-0.39, 0.29) is 0 Å². The number of hydrogen-bond donors (Lipinski definition) is 2. The molecular formula is C17H31N5. The van der Waals surface area contributed by atoms with E-state index in [0.29, 0.717) is 6.04 Å². The van der Waals surface area contributed by atoms with E-state index in [1.165, 1.54) is 25.9 Å². The molecular weight excluding hydrogens is 274 g/mol. The summed E-state index contributed by atoms with van der Waals surface area (Å²) in [5.74, 6) is 1.64. The number of hydrogen-bond acceptors (Lipinski definition) is 2. The molecule has 0 radical (unpaired) electrons. The Morgan fingerprint density at radius 3 is 2.73 bits per heavy atom. The molecule has 0 bridgehead atoms. The van der Waals surface area contributed by atoms with Crippen molar-refractivity contribution in [1.82, 2.24) is 20.1 Å². The van der Waals surface area contributed by atoms with Crippen molar-refractivity contribution < 1.29 is 0 Å². The molecule has 0 saturated carbocycles. The number of guanidine groups is 1. The molecule has 0 aromatic carbocycles. The molecule has 22 heavy (non-hydrogen) atoms. The highest BCUT2D eigenvalue weighted by molar-refractivity contribution is 5.79. The minimum Gasteiger partial charge on any atom is -0.355 e. The largest absolute Gasteiger partial charge is 0.355 e. The lowest BCUT2D eigenvalue weighted by Gasteiger charge is -2.27. The molecule has 0 spiro atoms. The van der Waals surface area contributed by atoms with Crippen LogP contribution in [0.15, 0.2) is 29.5 Å². The number of rotatable bonds is 7. The van der Waals surface area contributed by atoms with Gasteiger partial charge in [-0.3, -0.25) is 9.89 Å². The van der Waals surface area contributed by atoms with E-state index in [1.54, 1.807) is 0 Å². The molecule has 1 aromatic heterocycles. The molecule has 124 valence electrons. The highest BCUT2D eigenvalue weighted by atomic mass is 15.2. The van der Waals surface area contributed by atoms with Crippen LogP contribution in [0.5, 0.6) is 0 Å². The summed E-state index contributed by atoms with van der Waals surface area (Å²) in [6.07, 6.45) is 6.78. The van der Waals surface area contributed by atoms with E-state index in [9.17, 15) is 0 Å². The van der Waals surface area contributed by atoms with Gasteiger partial charge in [-0.1, -0.05) is 13.8 Å². The van der Waals surface area contributed by atoms with Crippen LogP contribution in [0.4, 0.5) is 0 Å². The Labute approximate surface area is 134 Å². The van der Waals surface area contributed by atoms with Crippen molar-refractivity contribution in [3.8, 4) is 0 Å². The van der Waals surface area contributed by atoms with Crippen LogP contribution in [0.2, 0.25) is 0 Å². The van der Waals surface area contributed by atoms with Crippen molar-refractivity contribution in [1.29, 1.82) is 0 Å². The lowest BCUT2D eigenvalue weighted by Crippen LogP contribution is -2.46. The van der Waals surface area contributed by atoms with E-state index in [1.807, 2.05) is 7.05 Å². The normalized spacial score (nSPS) is 19.8. The first-order valence-electron chi connectivity index (χ1n) is 8.48. The molecule has 5 heteroatoms. The Morgan fingerprint density at radius 1 is 1.27 bits per heavy atom. The summed E-state index contributed by atoms with van der Waals surface area (Å²) in [6.45, 7) is 9.85. The Kier molecular flexibility index (Phi) is 6.77. The molecule has 1 saturated heterocycles. The maximum absolute atomic E-state index is 4.32. The summed E-state index contributed by atoms with van der Waals surface area (Å²) in [6, 6.07) is 4.75. The predicted octanol–water partition coefficient (Wildman–Crippen LogP) is 1.77. The van der Waals surface area contributed by atoms with Gasteiger partial charge in [0, 0.05) is 51.7 Å². The third kappa shape index (κ3) is 5.37. The molecule has 1 atom stereocenters. The first-order valence-corrected chi connectivity index (χ1v) is 8.48. The van der Waals surface area contributed by atoms with Gasteiger partial charge in [0.15, 0.2) is 5.96 Å². The topological polar surface area (TPSA) is 44.6 Å². The molecule has 1 aromatic rings. The van der Waals surface area contributed by atoms with Crippen molar-refractivity contribution in [3.63, 3.8) is 0 Å². The Morgan fingerprint density at radius 2 is 2.05 bits per heavy atom. The van der Waals surface area contributed by atoms with Crippen LogP contribution in [0.25, 0.3) is 0 Å². The SMILES string of the molecule is CN=C(NCCn1cccc1)NC[C@H]1CCCN1CC(C)C. The summed E-state index contributed by atoms with van der Waals surface area (Å²) in [7, 11) is 1.84. The van der Waals surface area contributed by atoms with Crippen molar-refractivity contribution in [2.75, 3.05) is 33.2 Å². The number of aromatic nitrogens is 1. The molecule has 0 unspecified atom stereocenters. The third-order valence-corrected chi connectivity index (χ3v) is 4.16. The maximum Gasteiger partial charge on any atom is 0.191 e. The molecule has 5 nitrogen and oxygen atoms in total. The first-order chi connectivity index (χ1) is 10.7. The molecule has 1 aliphatic rings. The number of nitrogens with one attached hydrogen (secondary N) is 2. The number of aliphatic imine (C=N–C) groups is 1. The van der Waals surface area contributed by atoms with Gasteiger partial charge in [0.1, 0.15) is 0 Å². The van der Waals surface area contributed by atoms with Gasteiger partial charge >= 0.3 is 0 Å². The lowest BCUT2D eigenvalue weighted by atomic mass is 10.1. The first kappa shape index (κ1) is 16.9. The van der Waals surface area contributed by atoms with E-state index in [4.69, 9.17) is 0 Å². The molecule has 0 amide bonds. The summed E-state index contributed by atoms with van der Waals surface area (Å²) < 4.78 is 2.17. The van der Waals surface area contributed by atoms with Crippen LogP contribution in [0, 0.1) is 5.92 Å². The molecule has 1 fully saturated rings. The van der Waals surface area contributed by atoms with Gasteiger partial charge in [0.05, 0.1) is 0 Å². The van der Waals surface area contributed by atoms with E-state index >= 15 is 0 Å². The van der Waals surface area contributed by atoms with Crippen molar-refractivity contribution in [2.24, 2.45) is 10.9 Å². The van der Waals surface area contributed by atoms with Crippen LogP contribution < -0.4 is 10.6 Å². The average molecular weight is 305 g/mol. The van der Waals surface area contributed by atoms with Crippen molar-refractivity contribution >= 4 is 5.96 Å². The standard InChI is InChI=1S/C17H31N5/c1-15(2)14-22-11-6-7-16(22)13-20-17(18-3)19-8-12-21-9-4-5-10-21/h4-5,9-10,15-16H,6-8,11-14H2,1-3H3,(H2,18,19,20)/t16-/m1/s1. The minimum absolute atomic E-state index is 0.644. The van der Waals surface area contributed by atoms with Crippen LogP contribution in [0.1, 0.15) is 26.7 Å². The second-order valence-electron chi connectivity index (χ2n) is 6.49.